The summed E-state index contributed by atoms with van der Waals surface area (Å²) in [5, 5.41) is 9.23. The van der Waals surface area contributed by atoms with Gasteiger partial charge in [0.1, 0.15) is 0 Å². The summed E-state index contributed by atoms with van der Waals surface area (Å²) in [6, 6.07) is -0.138. The summed E-state index contributed by atoms with van der Waals surface area (Å²) in [5.74, 6) is 0.557. The Morgan fingerprint density at radius 1 is 1.05 bits per heavy atom. The summed E-state index contributed by atoms with van der Waals surface area (Å²) < 4.78 is 0. The third-order valence-electron chi connectivity index (χ3n) is 5.53. The molecule has 0 spiro atoms. The van der Waals surface area contributed by atoms with Gasteiger partial charge in [-0.1, -0.05) is 12.8 Å². The van der Waals surface area contributed by atoms with Crippen molar-refractivity contribution in [2.45, 2.75) is 51.5 Å². The van der Waals surface area contributed by atoms with Gasteiger partial charge in [-0.15, -0.1) is 0 Å². The molecule has 0 aromatic heterocycles. The molecule has 1 aliphatic heterocycles. The number of rotatable bonds is 2. The molecule has 106 valence electrons. The van der Waals surface area contributed by atoms with E-state index >= 15 is 0 Å². The molecule has 2 saturated carbocycles. The fourth-order valence-electron chi connectivity index (χ4n) is 4.33. The Hall–Kier alpha value is -1.06. The van der Waals surface area contributed by atoms with Crippen LogP contribution in [0.3, 0.4) is 0 Å². The number of hydrogen-bond acceptors (Lipinski definition) is 2. The Morgan fingerprint density at radius 2 is 1.68 bits per heavy atom. The van der Waals surface area contributed by atoms with Crippen LogP contribution in [0.15, 0.2) is 0 Å². The summed E-state index contributed by atoms with van der Waals surface area (Å²) >= 11 is 0. The molecule has 3 rings (SSSR count). The number of amides is 1. The van der Waals surface area contributed by atoms with E-state index in [-0.39, 0.29) is 23.8 Å². The van der Waals surface area contributed by atoms with Crippen molar-refractivity contribution in [3.8, 4) is 0 Å². The number of carbonyl (C=O) groups is 2. The number of piperidine rings is 1. The van der Waals surface area contributed by atoms with Crippen LogP contribution in [0, 0.1) is 23.7 Å². The molecule has 2 aliphatic carbocycles. The molecule has 0 bridgehead atoms. The van der Waals surface area contributed by atoms with Crippen LogP contribution >= 0.6 is 0 Å². The van der Waals surface area contributed by atoms with Crippen LogP contribution in [0.1, 0.15) is 45.4 Å². The average molecular weight is 265 g/mol. The van der Waals surface area contributed by atoms with E-state index in [1.165, 1.54) is 25.7 Å². The Kier molecular flexibility index (Phi) is 3.27. The fourth-order valence-corrected chi connectivity index (χ4v) is 4.33. The standard InChI is InChI=1S/C15H23NO3/c1-9-10(15(18)19)7-4-8-16(9)14(17)13-11-5-2-3-6-12(11)13/h9-13H,2-8H2,1H3,(H,18,19)/t9-,10-,11?,12?,13?/m1/s1. The second-order valence-electron chi connectivity index (χ2n) is 6.50. The molecule has 3 fully saturated rings. The van der Waals surface area contributed by atoms with Crippen molar-refractivity contribution in [2.24, 2.45) is 23.7 Å². The molecule has 4 nitrogen and oxygen atoms in total. The maximum Gasteiger partial charge on any atom is 0.308 e. The Bertz CT molecular complexity index is 383. The van der Waals surface area contributed by atoms with Crippen LogP contribution in [0.2, 0.25) is 0 Å². The third-order valence-corrected chi connectivity index (χ3v) is 5.53. The number of carboxylic acid groups (broad SMARTS) is 1. The van der Waals surface area contributed by atoms with Gasteiger partial charge in [0, 0.05) is 18.5 Å². The van der Waals surface area contributed by atoms with Gasteiger partial charge in [-0.2, -0.15) is 0 Å². The van der Waals surface area contributed by atoms with Gasteiger partial charge in [0.2, 0.25) is 5.91 Å². The maximum atomic E-state index is 12.6. The van der Waals surface area contributed by atoms with Gasteiger partial charge in [0.05, 0.1) is 5.92 Å². The minimum atomic E-state index is -0.752. The number of fused-ring (bicyclic) bond motifs is 1. The van der Waals surface area contributed by atoms with Crippen LogP contribution in [0.5, 0.6) is 0 Å². The molecule has 0 aromatic rings. The van der Waals surface area contributed by atoms with E-state index in [9.17, 15) is 14.7 Å². The predicted octanol–water partition coefficient (Wildman–Crippen LogP) is 2.13. The summed E-state index contributed by atoms with van der Waals surface area (Å²) in [7, 11) is 0. The molecule has 0 aromatic carbocycles. The van der Waals surface area contributed by atoms with Gasteiger partial charge in [-0.25, -0.2) is 0 Å². The third kappa shape index (κ3) is 2.15. The molecule has 19 heavy (non-hydrogen) atoms. The molecule has 4 atom stereocenters. The van der Waals surface area contributed by atoms with E-state index in [1.54, 1.807) is 0 Å². The van der Waals surface area contributed by atoms with Crippen LogP contribution in [-0.4, -0.2) is 34.5 Å². The highest BCUT2D eigenvalue weighted by Crippen LogP contribution is 2.56. The Labute approximate surface area is 114 Å². The highest BCUT2D eigenvalue weighted by molar-refractivity contribution is 5.83. The first-order valence-corrected chi connectivity index (χ1v) is 7.64. The second-order valence-corrected chi connectivity index (χ2v) is 6.50. The van der Waals surface area contributed by atoms with E-state index in [0.29, 0.717) is 18.3 Å². The van der Waals surface area contributed by atoms with Gasteiger partial charge >= 0.3 is 5.97 Å². The Balaban J connectivity index is 1.68. The zero-order valence-electron chi connectivity index (χ0n) is 11.5. The summed E-state index contributed by atoms with van der Waals surface area (Å²) in [6.07, 6.45) is 6.46. The van der Waals surface area contributed by atoms with E-state index in [2.05, 4.69) is 0 Å². The van der Waals surface area contributed by atoms with Crippen LogP contribution in [0.4, 0.5) is 0 Å². The highest BCUT2D eigenvalue weighted by atomic mass is 16.4. The lowest BCUT2D eigenvalue weighted by Gasteiger charge is -2.37. The number of likely N-dealkylation sites (tertiary alicyclic amines) is 1. The summed E-state index contributed by atoms with van der Waals surface area (Å²) in [6.45, 7) is 2.65. The molecular formula is C15H23NO3. The molecule has 3 aliphatic rings. The lowest BCUT2D eigenvalue weighted by Crippen LogP contribution is -2.50. The number of carboxylic acids is 1. The van der Waals surface area contributed by atoms with E-state index in [0.717, 1.165) is 13.0 Å². The summed E-state index contributed by atoms with van der Waals surface area (Å²) in [4.78, 5) is 25.7. The van der Waals surface area contributed by atoms with Crippen LogP contribution < -0.4 is 0 Å². The van der Waals surface area contributed by atoms with Crippen molar-refractivity contribution in [3.63, 3.8) is 0 Å². The van der Waals surface area contributed by atoms with Gasteiger partial charge < -0.3 is 10.0 Å². The first-order valence-electron chi connectivity index (χ1n) is 7.64. The molecule has 1 saturated heterocycles. The lowest BCUT2D eigenvalue weighted by molar-refractivity contribution is -0.149. The zero-order chi connectivity index (χ0) is 13.6. The van der Waals surface area contributed by atoms with Crippen molar-refractivity contribution in [3.05, 3.63) is 0 Å². The number of carbonyl (C=O) groups excluding carboxylic acids is 1. The first-order chi connectivity index (χ1) is 9.11. The first kappa shape index (κ1) is 12.9. The zero-order valence-corrected chi connectivity index (χ0v) is 11.5. The topological polar surface area (TPSA) is 57.6 Å². The van der Waals surface area contributed by atoms with Gasteiger partial charge in [0.15, 0.2) is 0 Å². The number of aliphatic carboxylic acids is 1. The molecule has 4 heteroatoms. The van der Waals surface area contributed by atoms with Gasteiger partial charge in [-0.05, 0) is 44.4 Å². The summed E-state index contributed by atoms with van der Waals surface area (Å²) in [5.41, 5.74) is 0. The predicted molar refractivity (Wildman–Crippen MR) is 70.5 cm³/mol. The van der Waals surface area contributed by atoms with Gasteiger partial charge in [0.25, 0.3) is 0 Å². The normalized spacial score (nSPS) is 41.5. The minimum absolute atomic E-state index is 0.138. The smallest absolute Gasteiger partial charge is 0.308 e. The van der Waals surface area contributed by atoms with E-state index < -0.39 is 5.97 Å². The molecule has 1 heterocycles. The number of hydrogen-bond donors (Lipinski definition) is 1. The second kappa shape index (κ2) is 4.80. The highest BCUT2D eigenvalue weighted by Gasteiger charge is 2.56. The van der Waals surface area contributed by atoms with Crippen molar-refractivity contribution >= 4 is 11.9 Å². The van der Waals surface area contributed by atoms with E-state index in [1.807, 2.05) is 11.8 Å². The monoisotopic (exact) mass is 265 g/mol. The van der Waals surface area contributed by atoms with E-state index in [4.69, 9.17) is 0 Å². The van der Waals surface area contributed by atoms with Crippen molar-refractivity contribution in [1.29, 1.82) is 0 Å². The molecule has 2 unspecified atom stereocenters. The average Bonchev–Trinajstić information content (AvgIpc) is 3.12. The van der Waals surface area contributed by atoms with Crippen molar-refractivity contribution in [2.75, 3.05) is 6.54 Å². The van der Waals surface area contributed by atoms with Gasteiger partial charge in [-0.3, -0.25) is 9.59 Å². The SMILES string of the molecule is C[C@@H]1[C@H](C(=O)O)CCCN1C(=O)C1C2CCCCC21. The molecular weight excluding hydrogens is 242 g/mol. The Morgan fingerprint density at radius 3 is 2.26 bits per heavy atom. The molecule has 0 radical (unpaired) electrons. The minimum Gasteiger partial charge on any atom is -0.481 e. The fraction of sp³-hybridized carbons (Fsp3) is 0.867. The maximum absolute atomic E-state index is 12.6. The van der Waals surface area contributed by atoms with Crippen LogP contribution in [-0.2, 0) is 9.59 Å². The molecule has 1 N–H and O–H groups in total. The van der Waals surface area contributed by atoms with Crippen molar-refractivity contribution in [1.82, 2.24) is 4.90 Å². The number of nitrogens with zero attached hydrogens (tertiary/aromatic N) is 1. The van der Waals surface area contributed by atoms with Crippen LogP contribution in [0.25, 0.3) is 0 Å². The van der Waals surface area contributed by atoms with Crippen molar-refractivity contribution < 1.29 is 14.7 Å². The lowest BCUT2D eigenvalue weighted by atomic mass is 9.90. The molecule has 1 amide bonds. The largest absolute Gasteiger partial charge is 0.481 e. The quantitative estimate of drug-likeness (QED) is 0.832.